The third kappa shape index (κ3) is 1.95. The lowest BCUT2D eigenvalue weighted by Crippen LogP contribution is -2.00. The van der Waals surface area contributed by atoms with Crippen LogP contribution in [-0.2, 0) is 0 Å². The standard InChI is InChI=1S/C11H10N4O/c12-15-14-11(7-16)9-5-8-3-1-2-4-10(8)13-6-9/h1-6,11,16H,7H2. The van der Waals surface area contributed by atoms with Crippen molar-refractivity contribution in [1.29, 1.82) is 0 Å². The Morgan fingerprint density at radius 2 is 2.25 bits per heavy atom. The van der Waals surface area contributed by atoms with Gasteiger partial charge in [-0.1, -0.05) is 23.3 Å². The van der Waals surface area contributed by atoms with Gasteiger partial charge in [0, 0.05) is 16.5 Å². The second-order valence-electron chi connectivity index (χ2n) is 3.36. The third-order valence-corrected chi connectivity index (χ3v) is 2.36. The number of fused-ring (bicyclic) bond motifs is 1. The Kier molecular flexibility index (Phi) is 3.00. The lowest BCUT2D eigenvalue weighted by Gasteiger charge is -2.08. The van der Waals surface area contributed by atoms with Crippen molar-refractivity contribution in [3.8, 4) is 0 Å². The molecule has 1 heterocycles. The monoisotopic (exact) mass is 214 g/mol. The predicted octanol–water partition coefficient (Wildman–Crippen LogP) is 2.58. The van der Waals surface area contributed by atoms with Gasteiger partial charge in [-0.3, -0.25) is 4.98 Å². The van der Waals surface area contributed by atoms with E-state index in [-0.39, 0.29) is 6.61 Å². The number of hydrogen-bond donors (Lipinski definition) is 1. The van der Waals surface area contributed by atoms with E-state index in [1.54, 1.807) is 6.20 Å². The topological polar surface area (TPSA) is 81.9 Å². The zero-order valence-electron chi connectivity index (χ0n) is 8.48. The summed E-state index contributed by atoms with van der Waals surface area (Å²) in [5.41, 5.74) is 9.97. The van der Waals surface area contributed by atoms with Crippen LogP contribution in [0.25, 0.3) is 21.3 Å². The summed E-state index contributed by atoms with van der Waals surface area (Å²) >= 11 is 0. The number of benzene rings is 1. The summed E-state index contributed by atoms with van der Waals surface area (Å²) in [6, 6.07) is 8.96. The van der Waals surface area contributed by atoms with Crippen LogP contribution in [0.15, 0.2) is 41.6 Å². The molecule has 16 heavy (non-hydrogen) atoms. The fourth-order valence-electron chi connectivity index (χ4n) is 1.54. The Balaban J connectivity index is 2.49. The maximum absolute atomic E-state index is 9.09. The second kappa shape index (κ2) is 4.61. The molecule has 80 valence electrons. The first-order valence-electron chi connectivity index (χ1n) is 4.85. The summed E-state index contributed by atoms with van der Waals surface area (Å²) in [4.78, 5) is 6.94. The minimum absolute atomic E-state index is 0.218. The van der Waals surface area contributed by atoms with Crippen molar-refractivity contribution in [1.82, 2.24) is 4.98 Å². The van der Waals surface area contributed by atoms with Gasteiger partial charge in [0.25, 0.3) is 0 Å². The van der Waals surface area contributed by atoms with E-state index in [0.29, 0.717) is 0 Å². The fraction of sp³-hybridized carbons (Fsp3) is 0.182. The second-order valence-corrected chi connectivity index (χ2v) is 3.36. The van der Waals surface area contributed by atoms with E-state index in [1.807, 2.05) is 30.3 Å². The van der Waals surface area contributed by atoms with Crippen LogP contribution in [0.3, 0.4) is 0 Å². The Labute approximate surface area is 92.0 Å². The van der Waals surface area contributed by atoms with Crippen molar-refractivity contribution < 1.29 is 5.11 Å². The first-order chi connectivity index (χ1) is 7.85. The lowest BCUT2D eigenvalue weighted by molar-refractivity contribution is 0.268. The van der Waals surface area contributed by atoms with Crippen molar-refractivity contribution in [2.45, 2.75) is 6.04 Å². The van der Waals surface area contributed by atoms with Crippen LogP contribution < -0.4 is 0 Å². The molecule has 0 aliphatic heterocycles. The molecule has 0 aliphatic carbocycles. The van der Waals surface area contributed by atoms with Gasteiger partial charge in [0.15, 0.2) is 0 Å². The van der Waals surface area contributed by atoms with E-state index in [0.717, 1.165) is 16.5 Å². The predicted molar refractivity (Wildman–Crippen MR) is 60.7 cm³/mol. The van der Waals surface area contributed by atoms with Crippen LogP contribution in [0.4, 0.5) is 0 Å². The molecule has 1 atom stereocenters. The number of pyridine rings is 1. The summed E-state index contributed by atoms with van der Waals surface area (Å²) in [6.45, 7) is -0.218. The third-order valence-electron chi connectivity index (χ3n) is 2.36. The number of para-hydroxylation sites is 1. The number of azide groups is 1. The van der Waals surface area contributed by atoms with Crippen LogP contribution in [0.5, 0.6) is 0 Å². The average Bonchev–Trinajstić information content (AvgIpc) is 2.35. The molecule has 2 aromatic rings. The van der Waals surface area contributed by atoms with Crippen molar-refractivity contribution in [3.05, 3.63) is 52.5 Å². The van der Waals surface area contributed by atoms with Crippen LogP contribution in [0.1, 0.15) is 11.6 Å². The molecule has 1 unspecified atom stereocenters. The number of aliphatic hydroxyl groups excluding tert-OH is 1. The van der Waals surface area contributed by atoms with E-state index in [4.69, 9.17) is 10.6 Å². The Bertz CT molecular complexity index is 548. The Morgan fingerprint density at radius 1 is 1.44 bits per heavy atom. The SMILES string of the molecule is [N-]=[N+]=NC(CO)c1cnc2ccccc2c1. The van der Waals surface area contributed by atoms with Gasteiger partial charge in [0.2, 0.25) is 0 Å². The molecular weight excluding hydrogens is 204 g/mol. The molecule has 0 fully saturated rings. The van der Waals surface area contributed by atoms with Gasteiger partial charge in [-0.2, -0.15) is 0 Å². The minimum atomic E-state index is -0.567. The molecule has 0 aliphatic rings. The number of rotatable bonds is 3. The van der Waals surface area contributed by atoms with E-state index < -0.39 is 6.04 Å². The molecule has 0 saturated carbocycles. The Morgan fingerprint density at radius 3 is 3.00 bits per heavy atom. The number of aromatic nitrogens is 1. The van der Waals surface area contributed by atoms with Crippen LogP contribution in [0.2, 0.25) is 0 Å². The van der Waals surface area contributed by atoms with Gasteiger partial charge in [-0.05, 0) is 23.2 Å². The molecule has 0 bridgehead atoms. The average molecular weight is 214 g/mol. The normalized spacial score (nSPS) is 12.1. The van der Waals surface area contributed by atoms with Gasteiger partial charge >= 0.3 is 0 Å². The highest BCUT2D eigenvalue weighted by atomic mass is 16.3. The van der Waals surface area contributed by atoms with Crippen LogP contribution in [-0.4, -0.2) is 16.7 Å². The summed E-state index contributed by atoms with van der Waals surface area (Å²) in [7, 11) is 0. The van der Waals surface area contributed by atoms with E-state index >= 15 is 0 Å². The molecule has 0 amide bonds. The van der Waals surface area contributed by atoms with E-state index in [2.05, 4.69) is 15.0 Å². The van der Waals surface area contributed by atoms with Crippen molar-refractivity contribution in [2.24, 2.45) is 5.11 Å². The highest BCUT2D eigenvalue weighted by Crippen LogP contribution is 2.20. The molecule has 2 rings (SSSR count). The summed E-state index contributed by atoms with van der Waals surface area (Å²) in [5, 5.41) is 13.6. The fourth-order valence-corrected chi connectivity index (χ4v) is 1.54. The van der Waals surface area contributed by atoms with Crippen LogP contribution in [0, 0.1) is 0 Å². The highest BCUT2D eigenvalue weighted by Gasteiger charge is 2.08. The summed E-state index contributed by atoms with van der Waals surface area (Å²) in [6.07, 6.45) is 1.62. The van der Waals surface area contributed by atoms with E-state index in [1.165, 1.54) is 0 Å². The largest absolute Gasteiger partial charge is 0.396 e. The molecule has 1 aromatic heterocycles. The van der Waals surface area contributed by atoms with Crippen molar-refractivity contribution >= 4 is 10.9 Å². The zero-order chi connectivity index (χ0) is 11.4. The van der Waals surface area contributed by atoms with Gasteiger partial charge in [-0.25, -0.2) is 0 Å². The van der Waals surface area contributed by atoms with Gasteiger partial charge in [0.1, 0.15) is 0 Å². The molecule has 5 heteroatoms. The number of aliphatic hydroxyl groups is 1. The molecule has 0 saturated heterocycles. The maximum atomic E-state index is 9.09. The molecule has 1 aromatic carbocycles. The zero-order valence-corrected chi connectivity index (χ0v) is 8.48. The first-order valence-corrected chi connectivity index (χ1v) is 4.85. The van der Waals surface area contributed by atoms with Crippen molar-refractivity contribution in [3.63, 3.8) is 0 Å². The van der Waals surface area contributed by atoms with Crippen LogP contribution >= 0.6 is 0 Å². The maximum Gasteiger partial charge on any atom is 0.0871 e. The van der Waals surface area contributed by atoms with E-state index in [9.17, 15) is 0 Å². The van der Waals surface area contributed by atoms with Gasteiger partial charge in [-0.15, -0.1) is 0 Å². The number of nitrogens with zero attached hydrogens (tertiary/aromatic N) is 4. The molecule has 5 nitrogen and oxygen atoms in total. The summed E-state index contributed by atoms with van der Waals surface area (Å²) < 4.78 is 0. The lowest BCUT2D eigenvalue weighted by atomic mass is 10.1. The molecular formula is C11H10N4O. The quantitative estimate of drug-likeness (QED) is 0.484. The molecule has 0 spiro atoms. The van der Waals surface area contributed by atoms with Gasteiger partial charge < -0.3 is 5.11 Å². The molecule has 1 N–H and O–H groups in total. The minimum Gasteiger partial charge on any atom is -0.396 e. The highest BCUT2D eigenvalue weighted by molar-refractivity contribution is 5.78. The number of hydrogen-bond acceptors (Lipinski definition) is 3. The Hall–Kier alpha value is -2.10. The van der Waals surface area contributed by atoms with Crippen molar-refractivity contribution in [2.75, 3.05) is 6.61 Å². The summed E-state index contributed by atoms with van der Waals surface area (Å²) in [5.74, 6) is 0. The smallest absolute Gasteiger partial charge is 0.0871 e. The van der Waals surface area contributed by atoms with Gasteiger partial charge in [0.05, 0.1) is 18.2 Å². The molecule has 0 radical (unpaired) electrons. The first kappa shape index (κ1) is 10.4.